The number of rotatable bonds is 12. The Hall–Kier alpha value is -1.22. The van der Waals surface area contributed by atoms with Gasteiger partial charge in [-0.2, -0.15) is 5.06 Å². The van der Waals surface area contributed by atoms with E-state index in [2.05, 4.69) is 32.6 Å². The number of nitrogens with zero attached hydrogens (tertiary/aromatic N) is 2. The number of aliphatic hydroxyl groups is 1. The lowest BCUT2D eigenvalue weighted by Gasteiger charge is -2.53. The number of carbonyl (C=O) groups is 2. The predicted molar refractivity (Wildman–Crippen MR) is 144 cm³/mol. The van der Waals surface area contributed by atoms with Crippen molar-refractivity contribution in [1.82, 2.24) is 9.96 Å². The first-order valence-corrected chi connectivity index (χ1v) is 14.3. The topological polar surface area (TPSA) is 99.5 Å². The van der Waals surface area contributed by atoms with E-state index >= 15 is 0 Å². The Morgan fingerprint density at radius 2 is 0.973 bits per heavy atom. The summed E-state index contributed by atoms with van der Waals surface area (Å²) in [4.78, 5) is 26.8. The molecule has 0 amide bonds. The fraction of sp³-hybridized carbons (Fsp3) is 0.931. The second kappa shape index (κ2) is 12.8. The molecule has 0 radical (unpaired) electrons. The van der Waals surface area contributed by atoms with E-state index in [1.807, 2.05) is 27.7 Å². The Kier molecular flexibility index (Phi) is 11.0. The molecular formula is C29H54N2O6. The Bertz CT molecular complexity index is 727. The minimum atomic E-state index is -0.427. The van der Waals surface area contributed by atoms with Crippen LogP contribution in [0.2, 0.25) is 0 Å². The standard InChI is InChI=1S/C29H54N2O6/c1-26(2)17-22(18-27(3,4)30(26)21-32)36-24(33)15-13-11-9-10-12-14-16-25(34)37-23-19-28(5,6)31(35)29(7,8)20-23/h22-23,32,35H,9-21H2,1-8H3. The van der Waals surface area contributed by atoms with Gasteiger partial charge in [0.2, 0.25) is 0 Å². The molecule has 37 heavy (non-hydrogen) atoms. The third kappa shape index (κ3) is 9.19. The Morgan fingerprint density at radius 1 is 0.649 bits per heavy atom. The highest BCUT2D eigenvalue weighted by Gasteiger charge is 2.47. The van der Waals surface area contributed by atoms with Crippen molar-refractivity contribution in [3.8, 4) is 0 Å². The fourth-order valence-electron chi connectivity index (χ4n) is 6.69. The number of hydroxylamine groups is 2. The number of ether oxygens (including phenoxy) is 2. The van der Waals surface area contributed by atoms with Crippen molar-refractivity contribution in [2.75, 3.05) is 6.73 Å². The van der Waals surface area contributed by atoms with Crippen molar-refractivity contribution in [3.63, 3.8) is 0 Å². The molecule has 2 heterocycles. The highest BCUT2D eigenvalue weighted by molar-refractivity contribution is 5.69. The van der Waals surface area contributed by atoms with Crippen molar-refractivity contribution in [3.05, 3.63) is 0 Å². The summed E-state index contributed by atoms with van der Waals surface area (Å²) in [6.45, 7) is 16.2. The molecule has 2 saturated heterocycles. The molecule has 0 aliphatic carbocycles. The minimum Gasteiger partial charge on any atom is -0.462 e. The first-order chi connectivity index (χ1) is 17.0. The van der Waals surface area contributed by atoms with E-state index in [1.54, 1.807) is 0 Å². The van der Waals surface area contributed by atoms with Crippen LogP contribution in [0.3, 0.4) is 0 Å². The van der Waals surface area contributed by atoms with Crippen LogP contribution in [-0.2, 0) is 19.1 Å². The summed E-state index contributed by atoms with van der Waals surface area (Å²) in [6, 6.07) is 0. The predicted octanol–water partition coefficient (Wildman–Crippen LogP) is 5.58. The lowest BCUT2D eigenvalue weighted by molar-refractivity contribution is -0.259. The quantitative estimate of drug-likeness (QED) is 0.251. The van der Waals surface area contributed by atoms with Crippen molar-refractivity contribution in [2.24, 2.45) is 0 Å². The van der Waals surface area contributed by atoms with Crippen molar-refractivity contribution in [1.29, 1.82) is 0 Å². The van der Waals surface area contributed by atoms with Gasteiger partial charge in [0.15, 0.2) is 0 Å². The molecule has 2 rings (SSSR count). The maximum Gasteiger partial charge on any atom is 0.306 e. The molecule has 0 aromatic carbocycles. The van der Waals surface area contributed by atoms with Crippen LogP contribution in [0.25, 0.3) is 0 Å². The number of carbonyl (C=O) groups excluding carboxylic acids is 2. The number of piperidine rings is 2. The van der Waals surface area contributed by atoms with Crippen LogP contribution in [0.1, 0.15) is 132 Å². The molecule has 0 saturated carbocycles. The van der Waals surface area contributed by atoms with E-state index in [9.17, 15) is 19.9 Å². The third-order valence-corrected chi connectivity index (χ3v) is 8.27. The van der Waals surface area contributed by atoms with E-state index in [-0.39, 0.29) is 42.0 Å². The van der Waals surface area contributed by atoms with Crippen LogP contribution in [0.4, 0.5) is 0 Å². The van der Waals surface area contributed by atoms with Gasteiger partial charge in [0.05, 0.1) is 6.73 Å². The molecule has 8 nitrogen and oxygen atoms in total. The van der Waals surface area contributed by atoms with Gasteiger partial charge >= 0.3 is 11.9 Å². The van der Waals surface area contributed by atoms with E-state index in [0.717, 1.165) is 51.4 Å². The number of hydrogen-bond acceptors (Lipinski definition) is 8. The lowest BCUT2D eigenvalue weighted by Crippen LogP contribution is -2.62. The molecule has 0 unspecified atom stereocenters. The zero-order valence-corrected chi connectivity index (χ0v) is 24.8. The number of esters is 2. The van der Waals surface area contributed by atoms with Gasteiger partial charge in [-0.05, 0) is 68.2 Å². The van der Waals surface area contributed by atoms with E-state index in [4.69, 9.17) is 9.47 Å². The Morgan fingerprint density at radius 3 is 1.32 bits per heavy atom. The molecule has 216 valence electrons. The molecule has 2 aliphatic rings. The van der Waals surface area contributed by atoms with Gasteiger partial charge in [-0.25, -0.2) is 0 Å². The van der Waals surface area contributed by atoms with Crippen LogP contribution in [0.15, 0.2) is 0 Å². The van der Waals surface area contributed by atoms with Gasteiger partial charge in [0.25, 0.3) is 0 Å². The summed E-state index contributed by atoms with van der Waals surface area (Å²) < 4.78 is 11.5. The summed E-state index contributed by atoms with van der Waals surface area (Å²) in [6.07, 6.45) is 8.92. The third-order valence-electron chi connectivity index (χ3n) is 8.27. The van der Waals surface area contributed by atoms with Gasteiger partial charge in [-0.15, -0.1) is 0 Å². The lowest BCUT2D eigenvalue weighted by atomic mass is 9.78. The smallest absolute Gasteiger partial charge is 0.306 e. The average molecular weight is 527 g/mol. The van der Waals surface area contributed by atoms with Gasteiger partial charge < -0.3 is 19.8 Å². The van der Waals surface area contributed by atoms with Crippen LogP contribution < -0.4 is 0 Å². The van der Waals surface area contributed by atoms with E-state index < -0.39 is 11.1 Å². The summed E-state index contributed by atoms with van der Waals surface area (Å²) in [7, 11) is 0. The van der Waals surface area contributed by atoms with E-state index in [0.29, 0.717) is 25.7 Å². The molecule has 2 aliphatic heterocycles. The van der Waals surface area contributed by atoms with Crippen molar-refractivity contribution in [2.45, 2.75) is 167 Å². The van der Waals surface area contributed by atoms with Crippen molar-refractivity contribution < 1.29 is 29.4 Å². The summed E-state index contributed by atoms with van der Waals surface area (Å²) in [5.74, 6) is -0.280. The minimum absolute atomic E-state index is 0.00252. The highest BCUT2D eigenvalue weighted by atomic mass is 16.6. The fourth-order valence-corrected chi connectivity index (χ4v) is 6.69. The molecule has 0 atom stereocenters. The molecule has 8 heteroatoms. The number of hydrogen-bond donors (Lipinski definition) is 2. The van der Waals surface area contributed by atoms with Crippen LogP contribution in [0, 0.1) is 0 Å². The van der Waals surface area contributed by atoms with Gasteiger partial charge in [0.1, 0.15) is 12.2 Å². The van der Waals surface area contributed by atoms with Gasteiger partial charge in [0, 0.05) is 60.7 Å². The summed E-state index contributed by atoms with van der Waals surface area (Å²) >= 11 is 0. The SMILES string of the molecule is CC1(C)CC(OC(=O)CCCCCCCCC(=O)OC2CC(C)(C)N(CO)C(C)(C)C2)CC(C)(C)N1O. The van der Waals surface area contributed by atoms with Crippen LogP contribution in [-0.4, -0.2) is 73.3 Å². The maximum atomic E-state index is 12.4. The average Bonchev–Trinajstić information content (AvgIpc) is 2.71. The Balaban J connectivity index is 1.56. The first-order valence-electron chi connectivity index (χ1n) is 14.3. The molecular weight excluding hydrogens is 472 g/mol. The zero-order valence-electron chi connectivity index (χ0n) is 24.8. The number of aliphatic hydroxyl groups excluding tert-OH is 1. The van der Waals surface area contributed by atoms with Crippen LogP contribution in [0.5, 0.6) is 0 Å². The second-order valence-corrected chi connectivity index (χ2v) is 13.8. The zero-order chi connectivity index (χ0) is 28.1. The van der Waals surface area contributed by atoms with Gasteiger partial charge in [-0.1, -0.05) is 25.7 Å². The first kappa shape index (κ1) is 32.0. The normalized spacial score (nSPS) is 24.1. The van der Waals surface area contributed by atoms with Crippen molar-refractivity contribution >= 4 is 11.9 Å². The van der Waals surface area contributed by atoms with Crippen LogP contribution >= 0.6 is 0 Å². The molecule has 0 spiro atoms. The Labute approximate surface area is 225 Å². The number of likely N-dealkylation sites (tertiary alicyclic amines) is 1. The van der Waals surface area contributed by atoms with E-state index in [1.165, 1.54) is 5.06 Å². The molecule has 2 fully saturated rings. The molecule has 2 N–H and O–H groups in total. The molecule has 0 aromatic rings. The highest BCUT2D eigenvalue weighted by Crippen LogP contribution is 2.39. The maximum absolute atomic E-state index is 12.4. The van der Waals surface area contributed by atoms with Gasteiger partial charge in [-0.3, -0.25) is 14.5 Å². The summed E-state index contributed by atoms with van der Waals surface area (Å²) in [5, 5.41) is 21.6. The molecule has 0 aromatic heterocycles. The largest absolute Gasteiger partial charge is 0.462 e. The number of unbranched alkanes of at least 4 members (excludes halogenated alkanes) is 5. The summed E-state index contributed by atoms with van der Waals surface area (Å²) in [5.41, 5.74) is -1.30. The molecule has 0 bridgehead atoms. The monoisotopic (exact) mass is 526 g/mol. The second-order valence-electron chi connectivity index (χ2n) is 13.8.